The summed E-state index contributed by atoms with van der Waals surface area (Å²) >= 11 is 0. The number of nitrogens with one attached hydrogen (secondary N) is 2. The fourth-order valence-corrected chi connectivity index (χ4v) is 5.74. The fraction of sp³-hybridized carbons (Fsp3) is 0.438. The van der Waals surface area contributed by atoms with Crippen molar-refractivity contribution in [2.45, 2.75) is 46.1 Å². The van der Waals surface area contributed by atoms with E-state index in [-0.39, 0.29) is 28.7 Å². The van der Waals surface area contributed by atoms with Gasteiger partial charge in [-0.25, -0.2) is 0 Å². The van der Waals surface area contributed by atoms with Crippen LogP contribution in [0, 0.1) is 10.8 Å². The highest BCUT2D eigenvalue weighted by molar-refractivity contribution is 5.92. The van der Waals surface area contributed by atoms with Crippen molar-refractivity contribution in [2.24, 2.45) is 10.8 Å². The highest BCUT2D eigenvalue weighted by Gasteiger charge is 2.41. The largest absolute Gasteiger partial charge is 0.493 e. The highest BCUT2D eigenvalue weighted by Crippen LogP contribution is 2.45. The molecule has 8 nitrogen and oxygen atoms in total. The molecule has 3 rings (SSSR count). The Labute approximate surface area is 237 Å². The zero-order chi connectivity index (χ0) is 29.3. The van der Waals surface area contributed by atoms with Gasteiger partial charge in [0.25, 0.3) is 0 Å². The number of benzene rings is 2. The maximum Gasteiger partial charge on any atom is 0.244 e. The lowest BCUT2D eigenvalue weighted by atomic mass is 9.62. The smallest absolute Gasteiger partial charge is 0.244 e. The molecule has 40 heavy (non-hydrogen) atoms. The second-order valence-corrected chi connectivity index (χ2v) is 11.4. The number of carbonyl (C=O) groups excluding carboxylic acids is 2. The second-order valence-electron chi connectivity index (χ2n) is 11.4. The molecule has 0 aromatic heterocycles. The summed E-state index contributed by atoms with van der Waals surface area (Å²) in [5.41, 5.74) is 1.52. The molecule has 2 atom stereocenters. The van der Waals surface area contributed by atoms with Gasteiger partial charge < -0.3 is 29.6 Å². The van der Waals surface area contributed by atoms with Gasteiger partial charge in [0.15, 0.2) is 23.0 Å². The summed E-state index contributed by atoms with van der Waals surface area (Å²) in [5.74, 6) is 2.16. The third-order valence-corrected chi connectivity index (χ3v) is 7.15. The number of methoxy groups -OCH3 is 4. The Bertz CT molecular complexity index is 1250. The van der Waals surface area contributed by atoms with Gasteiger partial charge in [0.05, 0.1) is 28.4 Å². The van der Waals surface area contributed by atoms with Crippen LogP contribution < -0.4 is 29.6 Å². The van der Waals surface area contributed by atoms with Gasteiger partial charge in [-0.1, -0.05) is 32.9 Å². The first kappa shape index (κ1) is 30.6. The van der Waals surface area contributed by atoms with Crippen molar-refractivity contribution in [1.29, 1.82) is 0 Å². The first-order valence-electron chi connectivity index (χ1n) is 13.4. The number of ether oxygens (including phenoxy) is 4. The average Bonchev–Trinajstić information content (AvgIpc) is 2.92. The Hall–Kier alpha value is -3.94. The van der Waals surface area contributed by atoms with Crippen molar-refractivity contribution in [3.05, 3.63) is 59.7 Å². The Morgan fingerprint density at radius 2 is 1.27 bits per heavy atom. The van der Waals surface area contributed by atoms with Crippen molar-refractivity contribution in [3.63, 3.8) is 0 Å². The predicted molar refractivity (Wildman–Crippen MR) is 158 cm³/mol. The summed E-state index contributed by atoms with van der Waals surface area (Å²) in [6.45, 7) is 7.11. The van der Waals surface area contributed by atoms with Crippen LogP contribution in [0.15, 0.2) is 48.6 Å². The Kier molecular flexibility index (Phi) is 10.3. The zero-order valence-electron chi connectivity index (χ0n) is 24.6. The molecular weight excluding hydrogens is 508 g/mol. The van der Waals surface area contributed by atoms with Crippen molar-refractivity contribution < 1.29 is 28.5 Å². The molecule has 2 N–H and O–H groups in total. The topological polar surface area (TPSA) is 95.1 Å². The van der Waals surface area contributed by atoms with Gasteiger partial charge in [0, 0.05) is 24.7 Å². The highest BCUT2D eigenvalue weighted by atomic mass is 16.5. The van der Waals surface area contributed by atoms with Crippen LogP contribution in [0.25, 0.3) is 12.2 Å². The van der Waals surface area contributed by atoms with Crippen molar-refractivity contribution >= 4 is 24.0 Å². The van der Waals surface area contributed by atoms with E-state index in [1.165, 1.54) is 6.08 Å². The fourth-order valence-electron chi connectivity index (χ4n) is 5.74. The van der Waals surface area contributed by atoms with E-state index >= 15 is 0 Å². The third-order valence-electron chi connectivity index (χ3n) is 7.15. The molecular formula is C32H42N2O6. The summed E-state index contributed by atoms with van der Waals surface area (Å²) in [4.78, 5) is 25.5. The standard InChI is InChI=1S/C32H42N2O6/c1-31(2)18-24(34-30(36)15-11-23-9-13-26(38-5)28(17-23)40-7)19-32(3,20-31)21-33-29(35)14-10-22-8-12-25(37-4)27(16-22)39-6/h8-17,24H,18-21H2,1-7H3,(H,33,35)(H,34,36). The lowest BCUT2D eigenvalue weighted by Crippen LogP contribution is -2.50. The van der Waals surface area contributed by atoms with Crippen LogP contribution in [0.5, 0.6) is 23.0 Å². The van der Waals surface area contributed by atoms with E-state index in [4.69, 9.17) is 18.9 Å². The SMILES string of the molecule is COc1ccc(C=CC(=O)NCC2(C)CC(NC(=O)C=Cc3ccc(OC)c(OC)c3)CC(C)(C)C2)cc1OC. The normalized spacial score (nSPS) is 20.2. The second kappa shape index (κ2) is 13.4. The average molecular weight is 551 g/mol. The minimum Gasteiger partial charge on any atom is -0.493 e. The van der Waals surface area contributed by atoms with Crippen molar-refractivity contribution in [3.8, 4) is 23.0 Å². The lowest BCUT2D eigenvalue weighted by Gasteiger charge is -2.46. The summed E-state index contributed by atoms with van der Waals surface area (Å²) < 4.78 is 21.2. The number of hydrogen-bond acceptors (Lipinski definition) is 6. The van der Waals surface area contributed by atoms with Crippen LogP contribution in [-0.2, 0) is 9.59 Å². The molecule has 2 aromatic carbocycles. The minimum atomic E-state index is -0.169. The van der Waals surface area contributed by atoms with Gasteiger partial charge in [-0.2, -0.15) is 0 Å². The zero-order valence-corrected chi connectivity index (χ0v) is 24.6. The van der Waals surface area contributed by atoms with E-state index in [9.17, 15) is 9.59 Å². The Balaban J connectivity index is 1.59. The van der Waals surface area contributed by atoms with E-state index in [0.717, 1.165) is 30.4 Å². The first-order valence-corrected chi connectivity index (χ1v) is 13.4. The van der Waals surface area contributed by atoms with E-state index in [1.54, 1.807) is 52.7 Å². The molecule has 0 aliphatic heterocycles. The predicted octanol–water partition coefficient (Wildman–Crippen LogP) is 5.27. The van der Waals surface area contributed by atoms with Crippen LogP contribution in [0.2, 0.25) is 0 Å². The molecule has 1 saturated carbocycles. The van der Waals surface area contributed by atoms with Gasteiger partial charge in [0.2, 0.25) is 11.8 Å². The van der Waals surface area contributed by atoms with Crippen LogP contribution >= 0.6 is 0 Å². The third kappa shape index (κ3) is 8.53. The van der Waals surface area contributed by atoms with Gasteiger partial charge in [0.1, 0.15) is 0 Å². The molecule has 0 heterocycles. The van der Waals surface area contributed by atoms with Gasteiger partial charge in [-0.3, -0.25) is 9.59 Å². The number of rotatable bonds is 11. The lowest BCUT2D eigenvalue weighted by molar-refractivity contribution is -0.119. The number of carbonyl (C=O) groups is 2. The summed E-state index contributed by atoms with van der Waals surface area (Å²) in [6, 6.07) is 11.0. The molecule has 2 unspecified atom stereocenters. The summed E-state index contributed by atoms with van der Waals surface area (Å²) in [6.07, 6.45) is 9.15. The molecule has 0 radical (unpaired) electrons. The molecule has 0 spiro atoms. The molecule has 1 aliphatic carbocycles. The summed E-state index contributed by atoms with van der Waals surface area (Å²) in [7, 11) is 6.33. The minimum absolute atomic E-state index is 0.00416. The Morgan fingerprint density at radius 1 is 0.775 bits per heavy atom. The molecule has 2 amide bonds. The molecule has 216 valence electrons. The van der Waals surface area contributed by atoms with Crippen molar-refractivity contribution in [1.82, 2.24) is 10.6 Å². The molecule has 0 bridgehead atoms. The van der Waals surface area contributed by atoms with E-state index in [1.807, 2.05) is 30.3 Å². The van der Waals surface area contributed by atoms with Crippen molar-refractivity contribution in [2.75, 3.05) is 35.0 Å². The molecule has 2 aromatic rings. The molecule has 0 saturated heterocycles. The van der Waals surface area contributed by atoms with Crippen LogP contribution in [0.3, 0.4) is 0 Å². The van der Waals surface area contributed by atoms with Crippen LogP contribution in [0.4, 0.5) is 0 Å². The van der Waals surface area contributed by atoms with Gasteiger partial charge in [-0.05, 0) is 77.6 Å². The number of hydrogen-bond donors (Lipinski definition) is 2. The van der Waals surface area contributed by atoms with Gasteiger partial charge >= 0.3 is 0 Å². The maximum atomic E-state index is 12.8. The Morgan fingerprint density at radius 3 is 1.77 bits per heavy atom. The van der Waals surface area contributed by atoms with E-state index < -0.39 is 0 Å². The van der Waals surface area contributed by atoms with E-state index in [2.05, 4.69) is 31.4 Å². The van der Waals surface area contributed by atoms with Crippen LogP contribution in [0.1, 0.15) is 51.2 Å². The van der Waals surface area contributed by atoms with Gasteiger partial charge in [-0.15, -0.1) is 0 Å². The maximum absolute atomic E-state index is 12.8. The summed E-state index contributed by atoms with van der Waals surface area (Å²) in [5, 5.41) is 6.24. The molecule has 1 aliphatic rings. The van der Waals surface area contributed by atoms with E-state index in [0.29, 0.717) is 29.5 Å². The number of amides is 2. The quantitative estimate of drug-likeness (QED) is 0.371. The first-order chi connectivity index (χ1) is 19.0. The monoisotopic (exact) mass is 550 g/mol. The molecule has 8 heteroatoms. The van der Waals surface area contributed by atoms with Crippen LogP contribution in [-0.4, -0.2) is 52.8 Å². The molecule has 1 fully saturated rings.